The van der Waals surface area contributed by atoms with Crippen LogP contribution in [0.1, 0.15) is 32.9 Å². The van der Waals surface area contributed by atoms with Crippen molar-refractivity contribution in [3.05, 3.63) is 33.1 Å². The van der Waals surface area contributed by atoms with Crippen LogP contribution >= 0.6 is 0 Å². The molecule has 1 aromatic rings. The number of aliphatic hydroxyl groups excluding tert-OH is 2. The lowest BCUT2D eigenvalue weighted by Crippen LogP contribution is -2.42. The molecule has 0 aromatic carbocycles. The number of aliphatic hydroxyl groups is 2. The number of ketones is 2. The zero-order chi connectivity index (χ0) is 22.3. The lowest BCUT2D eigenvalue weighted by molar-refractivity contribution is -0.317. The molecule has 12 heteroatoms. The third-order valence-electron chi connectivity index (χ3n) is 4.30. The Hall–Kier alpha value is -2.22. The van der Waals surface area contributed by atoms with E-state index in [0.29, 0.717) is 0 Å². The molecule has 0 spiro atoms. The number of carbonyl (C=O) groups is 2. The first-order valence-electron chi connectivity index (χ1n) is 9.36. The number of carbonyl (C=O) groups excluding carboxylic acids is 2. The van der Waals surface area contributed by atoms with Crippen LogP contribution in [0.5, 0.6) is 0 Å². The van der Waals surface area contributed by atoms with Gasteiger partial charge in [-0.05, 0) is 13.8 Å². The Morgan fingerprint density at radius 1 is 1.20 bits per heavy atom. The molecule has 0 aliphatic carbocycles. The summed E-state index contributed by atoms with van der Waals surface area (Å²) in [4.78, 5) is 47.8. The molecular weight excluding hydrogens is 404 g/mol. The van der Waals surface area contributed by atoms with Crippen molar-refractivity contribution in [2.45, 2.75) is 57.7 Å². The number of aromatic nitrogens is 2. The highest BCUT2D eigenvalue weighted by Crippen LogP contribution is 2.31. The van der Waals surface area contributed by atoms with E-state index in [1.807, 2.05) is 0 Å². The van der Waals surface area contributed by atoms with Gasteiger partial charge in [0.25, 0.3) is 12.0 Å². The Morgan fingerprint density at radius 2 is 1.80 bits per heavy atom. The smallest absolute Gasteiger partial charge is 0.330 e. The second kappa shape index (κ2) is 11.2. The Kier molecular flexibility index (Phi) is 9.02. The van der Waals surface area contributed by atoms with Crippen molar-refractivity contribution in [2.75, 3.05) is 19.8 Å². The van der Waals surface area contributed by atoms with Crippen LogP contribution in [0.4, 0.5) is 0 Å². The molecule has 30 heavy (non-hydrogen) atoms. The number of Topliss-reactive ketones (excluding diaryl/α,β-unsaturated/α-hetero) is 2. The molecule has 1 fully saturated rings. The van der Waals surface area contributed by atoms with Gasteiger partial charge in [-0.15, -0.1) is 0 Å². The lowest BCUT2D eigenvalue weighted by atomic mass is 10.1. The predicted octanol–water partition coefficient (Wildman–Crippen LogP) is -1.55. The molecule has 1 aliphatic rings. The number of hydrogen-bond acceptors (Lipinski definition) is 10. The number of nitrogens with zero attached hydrogens (tertiary/aromatic N) is 1. The minimum Gasteiger partial charge on any atom is -0.394 e. The van der Waals surface area contributed by atoms with Gasteiger partial charge in [0.15, 0.2) is 6.23 Å². The van der Waals surface area contributed by atoms with Crippen LogP contribution in [0.2, 0.25) is 0 Å². The normalized spacial score (nSPS) is 23.8. The molecule has 12 nitrogen and oxygen atoms in total. The fourth-order valence-electron chi connectivity index (χ4n) is 2.72. The molecule has 3 N–H and O–H groups in total. The van der Waals surface area contributed by atoms with E-state index < -0.39 is 48.9 Å². The molecule has 0 bridgehead atoms. The molecule has 2 heterocycles. The average Bonchev–Trinajstić information content (AvgIpc) is 2.96. The second-order valence-electron chi connectivity index (χ2n) is 6.79. The van der Waals surface area contributed by atoms with E-state index in [-0.39, 0.29) is 37.6 Å². The Bertz CT molecular complexity index is 815. The number of rotatable bonds is 12. The van der Waals surface area contributed by atoms with E-state index >= 15 is 0 Å². The Morgan fingerprint density at radius 3 is 2.30 bits per heavy atom. The van der Waals surface area contributed by atoms with E-state index in [2.05, 4.69) is 4.98 Å². The summed E-state index contributed by atoms with van der Waals surface area (Å²) in [7, 11) is 0. The molecule has 0 amide bonds. The number of aromatic amines is 1. The maximum Gasteiger partial charge on any atom is 0.330 e. The van der Waals surface area contributed by atoms with Gasteiger partial charge in [-0.1, -0.05) is 0 Å². The number of H-pyrrole nitrogens is 1. The molecule has 0 saturated carbocycles. The first kappa shape index (κ1) is 24.1. The van der Waals surface area contributed by atoms with Crippen molar-refractivity contribution in [1.82, 2.24) is 9.55 Å². The minimum atomic E-state index is -1.38. The van der Waals surface area contributed by atoms with Crippen LogP contribution < -0.4 is 11.2 Å². The van der Waals surface area contributed by atoms with Gasteiger partial charge in [0.1, 0.15) is 29.9 Å². The van der Waals surface area contributed by atoms with Gasteiger partial charge < -0.3 is 29.2 Å². The van der Waals surface area contributed by atoms with E-state index in [0.717, 1.165) is 16.8 Å². The van der Waals surface area contributed by atoms with Gasteiger partial charge in [0, 0.05) is 25.1 Å². The highest BCUT2D eigenvalue weighted by molar-refractivity contribution is 5.75. The fraction of sp³-hybridized carbons (Fsp3) is 0.667. The zero-order valence-corrected chi connectivity index (χ0v) is 16.7. The number of nitrogens with one attached hydrogen (secondary N) is 1. The molecule has 4 atom stereocenters. The summed E-state index contributed by atoms with van der Waals surface area (Å²) >= 11 is 0. The van der Waals surface area contributed by atoms with Gasteiger partial charge in [0.05, 0.1) is 19.8 Å². The molecular formula is C18H26N2O10. The van der Waals surface area contributed by atoms with Crippen molar-refractivity contribution in [3.63, 3.8) is 0 Å². The largest absolute Gasteiger partial charge is 0.394 e. The highest BCUT2D eigenvalue weighted by Gasteiger charge is 2.47. The van der Waals surface area contributed by atoms with Crippen LogP contribution in [0, 0.1) is 0 Å². The van der Waals surface area contributed by atoms with Crippen LogP contribution in [0.15, 0.2) is 21.9 Å². The summed E-state index contributed by atoms with van der Waals surface area (Å²) < 4.78 is 23.0. The van der Waals surface area contributed by atoms with Gasteiger partial charge in [-0.3, -0.25) is 23.9 Å². The van der Waals surface area contributed by atoms with Crippen LogP contribution in [-0.2, 0) is 28.5 Å². The molecule has 168 valence electrons. The standard InChI is InChI=1S/C18H26N2O10/c1-10(22)4-7-27-18(28-8-5-11(2)23)30-15-14(25)12(9-21)29-16(15)20-6-3-13(24)19-17(20)26/h3,6,12,14-16,18,21,25H,4-5,7-9H2,1-2H3,(H,19,24,26)/t12-,14?,15?,16-/m0/s1. The first-order valence-corrected chi connectivity index (χ1v) is 9.36. The van der Waals surface area contributed by atoms with Gasteiger partial charge in [-0.25, -0.2) is 4.79 Å². The molecule has 1 aliphatic heterocycles. The average molecular weight is 430 g/mol. The van der Waals surface area contributed by atoms with Crippen LogP contribution in [0.25, 0.3) is 0 Å². The monoisotopic (exact) mass is 430 g/mol. The van der Waals surface area contributed by atoms with E-state index in [9.17, 15) is 29.4 Å². The third kappa shape index (κ3) is 6.65. The Labute approximate surface area is 171 Å². The summed E-state index contributed by atoms with van der Waals surface area (Å²) in [5.74, 6) is -0.250. The first-order chi connectivity index (χ1) is 14.2. The second-order valence-corrected chi connectivity index (χ2v) is 6.79. The molecule has 1 aromatic heterocycles. The topological polar surface area (TPSA) is 166 Å². The lowest BCUT2D eigenvalue weighted by Gasteiger charge is -2.27. The zero-order valence-electron chi connectivity index (χ0n) is 16.7. The van der Waals surface area contributed by atoms with E-state index in [1.165, 1.54) is 13.8 Å². The Balaban J connectivity index is 2.20. The van der Waals surface area contributed by atoms with Crippen LogP contribution in [-0.4, -0.2) is 75.9 Å². The van der Waals surface area contributed by atoms with Crippen molar-refractivity contribution < 1.29 is 38.7 Å². The maximum atomic E-state index is 12.1. The SMILES string of the molecule is CC(=O)CCOC(OCCC(C)=O)OC1C(O)[C@H](CO)O[C@@H]1n1ccc(=O)[nH]c1=O. The van der Waals surface area contributed by atoms with Gasteiger partial charge >= 0.3 is 5.69 Å². The summed E-state index contributed by atoms with van der Waals surface area (Å²) in [5.41, 5.74) is -1.43. The van der Waals surface area contributed by atoms with Crippen molar-refractivity contribution >= 4 is 11.6 Å². The van der Waals surface area contributed by atoms with E-state index in [1.54, 1.807) is 0 Å². The van der Waals surface area contributed by atoms with E-state index in [4.69, 9.17) is 18.9 Å². The third-order valence-corrected chi connectivity index (χ3v) is 4.30. The number of ether oxygens (including phenoxy) is 4. The summed E-state index contributed by atoms with van der Waals surface area (Å²) in [5, 5.41) is 19.9. The fourth-order valence-corrected chi connectivity index (χ4v) is 2.72. The summed E-state index contributed by atoms with van der Waals surface area (Å²) in [6.45, 7) is 0.734. The van der Waals surface area contributed by atoms with Crippen LogP contribution in [0.3, 0.4) is 0 Å². The number of hydrogen-bond donors (Lipinski definition) is 3. The highest BCUT2D eigenvalue weighted by atomic mass is 16.9. The van der Waals surface area contributed by atoms with Crippen molar-refractivity contribution in [1.29, 1.82) is 0 Å². The molecule has 0 radical (unpaired) electrons. The van der Waals surface area contributed by atoms with Gasteiger partial charge in [0.2, 0.25) is 0 Å². The quantitative estimate of drug-likeness (QED) is 0.330. The molecule has 2 unspecified atom stereocenters. The summed E-state index contributed by atoms with van der Waals surface area (Å²) in [6.07, 6.45) is -3.55. The molecule has 2 rings (SSSR count). The maximum absolute atomic E-state index is 12.1. The van der Waals surface area contributed by atoms with Crippen molar-refractivity contribution in [3.8, 4) is 0 Å². The predicted molar refractivity (Wildman–Crippen MR) is 99.5 cm³/mol. The molecule has 1 saturated heterocycles. The van der Waals surface area contributed by atoms with Gasteiger partial charge in [-0.2, -0.15) is 0 Å². The van der Waals surface area contributed by atoms with Crippen molar-refractivity contribution in [2.24, 2.45) is 0 Å². The minimum absolute atomic E-state index is 0.0452. The summed E-state index contributed by atoms with van der Waals surface area (Å²) in [6, 6.07) is 1.09.